The Hall–Kier alpha value is -3.67. The molecule has 2 heteroatoms. The molecule has 1 nitrogen and oxygen atoms in total. The Balaban J connectivity index is 1.84. The van der Waals surface area contributed by atoms with Crippen LogP contribution in [0.25, 0.3) is 0 Å². The molecule has 0 heterocycles. The van der Waals surface area contributed by atoms with Gasteiger partial charge in [-0.2, -0.15) is 0 Å². The van der Waals surface area contributed by atoms with Crippen LogP contribution >= 0.6 is 7.26 Å². The van der Waals surface area contributed by atoms with E-state index in [-0.39, 0.29) is 0 Å². The summed E-state index contributed by atoms with van der Waals surface area (Å²) in [5.74, 6) is 1.70. The third kappa shape index (κ3) is 3.73. The summed E-state index contributed by atoms with van der Waals surface area (Å²) in [5.41, 5.74) is 0. The van der Waals surface area contributed by atoms with Crippen LogP contribution in [0.5, 0.6) is 11.5 Å². The second kappa shape index (κ2) is 9.22. The molecule has 0 spiro atoms. The Kier molecular flexibility index (Phi) is 5.83. The van der Waals surface area contributed by atoms with Gasteiger partial charge in [-0.25, -0.2) is 0 Å². The van der Waals surface area contributed by atoms with Crippen molar-refractivity contribution in [2.75, 3.05) is 0 Å². The maximum absolute atomic E-state index is 6.49. The fourth-order valence-electron chi connectivity index (χ4n) is 4.46. The van der Waals surface area contributed by atoms with Gasteiger partial charge in [0.25, 0.3) is 0 Å². The molecular formula is C30H24OP. The summed E-state index contributed by atoms with van der Waals surface area (Å²) < 4.78 is 6.49. The quantitative estimate of drug-likeness (QED) is 0.317. The molecule has 5 aromatic carbocycles. The van der Waals surface area contributed by atoms with Crippen molar-refractivity contribution in [3.63, 3.8) is 0 Å². The average Bonchev–Trinajstić information content (AvgIpc) is 2.88. The van der Waals surface area contributed by atoms with Gasteiger partial charge >= 0.3 is 190 Å². The fraction of sp³-hybridized carbons (Fsp3) is 0. The first-order valence-electron chi connectivity index (χ1n) is 10.8. The molecule has 155 valence electrons. The number of rotatable bonds is 6. The molecule has 0 unspecified atom stereocenters. The van der Waals surface area contributed by atoms with E-state index in [1.807, 2.05) is 30.3 Å². The van der Waals surface area contributed by atoms with Crippen LogP contribution in [0.1, 0.15) is 0 Å². The van der Waals surface area contributed by atoms with Crippen LogP contribution in [0.15, 0.2) is 140 Å². The first-order chi connectivity index (χ1) is 15.9. The van der Waals surface area contributed by atoms with Crippen molar-refractivity contribution in [2.24, 2.45) is 0 Å². The minimum atomic E-state index is -2.63. The second-order valence-corrected chi connectivity index (χ2v) is 11.5. The van der Waals surface area contributed by atoms with Crippen LogP contribution in [-0.2, 0) is 0 Å². The number of ether oxygens (including phenoxy) is 1. The molecule has 0 aliphatic heterocycles. The second-order valence-electron chi connectivity index (χ2n) is 7.68. The SMILES string of the molecule is [c]1ccc(Oc2ccccc2[PH](c2ccccc2)(c2ccccc2)c2ccccc2)cc1. The summed E-state index contributed by atoms with van der Waals surface area (Å²) in [6.07, 6.45) is 0. The molecule has 0 saturated carbocycles. The van der Waals surface area contributed by atoms with Gasteiger partial charge in [0.05, 0.1) is 0 Å². The van der Waals surface area contributed by atoms with Crippen molar-refractivity contribution in [3.8, 4) is 11.5 Å². The zero-order valence-corrected chi connectivity index (χ0v) is 18.7. The minimum absolute atomic E-state index is 0.813. The molecule has 0 aliphatic rings. The van der Waals surface area contributed by atoms with E-state index in [9.17, 15) is 0 Å². The Bertz CT molecular complexity index is 1170. The summed E-state index contributed by atoms with van der Waals surface area (Å²) in [4.78, 5) is 0. The first-order valence-corrected chi connectivity index (χ1v) is 12.8. The van der Waals surface area contributed by atoms with Crippen LogP contribution in [0.4, 0.5) is 0 Å². The van der Waals surface area contributed by atoms with Crippen molar-refractivity contribution in [1.82, 2.24) is 0 Å². The van der Waals surface area contributed by atoms with E-state index in [2.05, 4.69) is 115 Å². The van der Waals surface area contributed by atoms with Crippen LogP contribution in [0.2, 0.25) is 0 Å². The summed E-state index contributed by atoms with van der Waals surface area (Å²) in [5, 5.41) is 5.22. The standard InChI is InChI=1S/C30H24OP/c1-5-15-25(16-6-1)31-29-23-13-14-24-30(29)32(26-17-7-2-8-18-26,27-19-9-3-10-20-27)28-21-11-4-12-22-28/h2-24,32H. The Labute approximate surface area is 190 Å². The predicted molar refractivity (Wildman–Crippen MR) is 138 cm³/mol. The number of hydrogen-bond donors (Lipinski definition) is 0. The fourth-order valence-corrected chi connectivity index (χ4v) is 9.32. The molecule has 1 radical (unpaired) electrons. The molecule has 32 heavy (non-hydrogen) atoms. The molecule has 0 amide bonds. The van der Waals surface area contributed by atoms with E-state index in [0.29, 0.717) is 0 Å². The van der Waals surface area contributed by atoms with Crippen LogP contribution in [-0.4, -0.2) is 0 Å². The summed E-state index contributed by atoms with van der Waals surface area (Å²) in [6, 6.07) is 51.9. The van der Waals surface area contributed by atoms with E-state index in [4.69, 9.17) is 4.74 Å². The molecule has 5 rings (SSSR count). The molecule has 0 saturated heterocycles. The van der Waals surface area contributed by atoms with E-state index >= 15 is 0 Å². The first kappa shape index (κ1) is 20.2. The van der Waals surface area contributed by atoms with Crippen molar-refractivity contribution in [3.05, 3.63) is 146 Å². The average molecular weight is 431 g/mol. The maximum atomic E-state index is 6.49. The summed E-state index contributed by atoms with van der Waals surface area (Å²) >= 11 is 0. The van der Waals surface area contributed by atoms with Gasteiger partial charge in [-0.15, -0.1) is 0 Å². The Morgan fingerprint density at radius 1 is 0.469 bits per heavy atom. The van der Waals surface area contributed by atoms with Gasteiger partial charge in [0.2, 0.25) is 0 Å². The molecule has 0 aliphatic carbocycles. The molecule has 0 N–H and O–H groups in total. The molecule has 0 aromatic heterocycles. The van der Waals surface area contributed by atoms with Gasteiger partial charge < -0.3 is 0 Å². The Morgan fingerprint density at radius 2 is 0.906 bits per heavy atom. The van der Waals surface area contributed by atoms with Gasteiger partial charge in [-0.05, 0) is 0 Å². The Morgan fingerprint density at radius 3 is 1.41 bits per heavy atom. The summed E-state index contributed by atoms with van der Waals surface area (Å²) in [6.45, 7) is 0. The molecule has 0 bridgehead atoms. The van der Waals surface area contributed by atoms with Crippen molar-refractivity contribution in [2.45, 2.75) is 0 Å². The van der Waals surface area contributed by atoms with E-state index in [1.165, 1.54) is 21.2 Å². The van der Waals surface area contributed by atoms with Gasteiger partial charge in [-0.1, -0.05) is 0 Å². The molecule has 0 atom stereocenters. The molecule has 0 fully saturated rings. The van der Waals surface area contributed by atoms with Crippen molar-refractivity contribution < 1.29 is 4.74 Å². The monoisotopic (exact) mass is 431 g/mol. The summed E-state index contributed by atoms with van der Waals surface area (Å²) in [7, 11) is -2.63. The van der Waals surface area contributed by atoms with Crippen LogP contribution in [0, 0.1) is 6.07 Å². The van der Waals surface area contributed by atoms with E-state index in [0.717, 1.165) is 11.5 Å². The van der Waals surface area contributed by atoms with Crippen molar-refractivity contribution in [1.29, 1.82) is 0 Å². The topological polar surface area (TPSA) is 9.23 Å². The number of benzene rings is 5. The van der Waals surface area contributed by atoms with Crippen LogP contribution < -0.4 is 26.0 Å². The van der Waals surface area contributed by atoms with Gasteiger partial charge in [0.15, 0.2) is 0 Å². The molecular weight excluding hydrogens is 407 g/mol. The normalized spacial score (nSPS) is 11.6. The van der Waals surface area contributed by atoms with Gasteiger partial charge in [0, 0.05) is 0 Å². The van der Waals surface area contributed by atoms with Gasteiger partial charge in [-0.3, -0.25) is 0 Å². The van der Waals surface area contributed by atoms with E-state index in [1.54, 1.807) is 0 Å². The third-order valence-corrected chi connectivity index (χ3v) is 10.6. The van der Waals surface area contributed by atoms with Crippen molar-refractivity contribution >= 4 is 28.5 Å². The number of hydrogen-bond acceptors (Lipinski definition) is 1. The predicted octanol–water partition coefficient (Wildman–Crippen LogP) is 5.63. The van der Waals surface area contributed by atoms with Gasteiger partial charge in [0.1, 0.15) is 0 Å². The third-order valence-electron chi connectivity index (χ3n) is 5.83. The van der Waals surface area contributed by atoms with Crippen LogP contribution in [0.3, 0.4) is 0 Å². The number of para-hydroxylation sites is 1. The van der Waals surface area contributed by atoms with E-state index < -0.39 is 7.26 Å². The molecule has 5 aromatic rings. The zero-order chi connectivity index (χ0) is 21.6. The zero-order valence-electron chi connectivity index (χ0n) is 17.7.